The molecule has 0 N–H and O–H groups in total. The molecule has 42 heavy (non-hydrogen) atoms. The van der Waals surface area contributed by atoms with Crippen LogP contribution in [0, 0.1) is 5.92 Å². The smallest absolute Gasteiger partial charge is 0.438 e. The van der Waals surface area contributed by atoms with E-state index in [0.29, 0.717) is 24.7 Å². The Morgan fingerprint density at radius 1 is 0.857 bits per heavy atom. The number of benzene rings is 3. The summed E-state index contributed by atoms with van der Waals surface area (Å²) in [6, 6.07) is 28.6. The molecule has 2 amide bonds. The first-order chi connectivity index (χ1) is 19.8. The molecule has 1 aliphatic rings. The lowest BCUT2D eigenvalue weighted by Gasteiger charge is -2.43. The molecule has 222 valence electrons. The Balaban J connectivity index is 1.47. The van der Waals surface area contributed by atoms with Crippen molar-refractivity contribution < 1.29 is 23.5 Å². The van der Waals surface area contributed by atoms with E-state index in [1.54, 1.807) is 20.8 Å². The Bertz CT molecular complexity index is 1350. The summed E-state index contributed by atoms with van der Waals surface area (Å²) in [5, 5.41) is 7.57. The molecule has 0 radical (unpaired) electrons. The summed E-state index contributed by atoms with van der Waals surface area (Å²) < 4.78 is 18.4. The molecule has 1 aliphatic heterocycles. The van der Waals surface area contributed by atoms with Crippen LogP contribution in [0.25, 0.3) is 0 Å². The molecule has 0 bridgehead atoms. The van der Waals surface area contributed by atoms with Crippen molar-refractivity contribution in [2.24, 2.45) is 11.0 Å². The van der Waals surface area contributed by atoms with Gasteiger partial charge in [-0.05, 0) is 66.0 Å². The van der Waals surface area contributed by atoms with E-state index < -0.39 is 20.0 Å². The second kappa shape index (κ2) is 12.6. The fourth-order valence-corrected chi connectivity index (χ4v) is 9.88. The third-order valence-corrected chi connectivity index (χ3v) is 12.2. The predicted molar refractivity (Wildman–Crippen MR) is 169 cm³/mol. The maximum Gasteiger partial charge on any atom is 0.438 e. The van der Waals surface area contributed by atoms with E-state index >= 15 is 0 Å². The number of ether oxygens (including phenoxy) is 2. The van der Waals surface area contributed by atoms with E-state index in [4.69, 9.17) is 13.9 Å². The molecular formula is C34H42N2O5Si. The first-order valence-electron chi connectivity index (χ1n) is 14.4. The van der Waals surface area contributed by atoms with E-state index in [2.05, 4.69) is 74.4 Å². The zero-order valence-corrected chi connectivity index (χ0v) is 26.7. The molecule has 0 saturated heterocycles. The third kappa shape index (κ3) is 6.99. The van der Waals surface area contributed by atoms with Crippen molar-refractivity contribution in [1.29, 1.82) is 0 Å². The lowest BCUT2D eigenvalue weighted by atomic mass is 9.94. The van der Waals surface area contributed by atoms with Crippen molar-refractivity contribution in [2.45, 2.75) is 65.5 Å². The molecular weight excluding hydrogens is 544 g/mol. The van der Waals surface area contributed by atoms with Gasteiger partial charge in [-0.15, -0.1) is 5.01 Å². The van der Waals surface area contributed by atoms with Crippen LogP contribution < -0.4 is 15.1 Å². The van der Waals surface area contributed by atoms with Crippen LogP contribution in [0.2, 0.25) is 5.04 Å². The number of rotatable bonds is 8. The Morgan fingerprint density at radius 3 is 1.90 bits per heavy atom. The molecule has 7 nitrogen and oxygen atoms in total. The van der Waals surface area contributed by atoms with E-state index in [1.807, 2.05) is 43.3 Å². The van der Waals surface area contributed by atoms with Gasteiger partial charge in [0.05, 0.1) is 12.3 Å². The highest BCUT2D eigenvalue weighted by Gasteiger charge is 2.50. The van der Waals surface area contributed by atoms with Crippen LogP contribution in [0.3, 0.4) is 0 Å². The average Bonchev–Trinajstić information content (AvgIpc) is 2.93. The van der Waals surface area contributed by atoms with Crippen LogP contribution in [-0.4, -0.2) is 49.9 Å². The molecule has 1 unspecified atom stereocenters. The SMILES string of the molecule is CC1CC(=O)N(C(=O)OC(C)(C)C)N=C1c1ccc(OCCO[Si](c2ccccc2)(c2ccccc2)C(C)(C)C)cc1. The summed E-state index contributed by atoms with van der Waals surface area (Å²) in [4.78, 5) is 25.1. The topological polar surface area (TPSA) is 77.4 Å². The fourth-order valence-electron chi connectivity index (χ4n) is 5.33. The minimum Gasteiger partial charge on any atom is -0.491 e. The largest absolute Gasteiger partial charge is 0.491 e. The van der Waals surface area contributed by atoms with Crippen LogP contribution in [0.5, 0.6) is 5.75 Å². The normalized spacial score (nSPS) is 16.2. The molecule has 0 aromatic heterocycles. The number of carbonyl (C=O) groups is 2. The van der Waals surface area contributed by atoms with Gasteiger partial charge >= 0.3 is 6.09 Å². The first kappa shape index (κ1) is 31.2. The summed E-state index contributed by atoms with van der Waals surface area (Å²) in [7, 11) is -2.63. The van der Waals surface area contributed by atoms with E-state index in [0.717, 1.165) is 10.6 Å². The highest BCUT2D eigenvalue weighted by Crippen LogP contribution is 2.36. The van der Waals surface area contributed by atoms with Gasteiger partial charge in [0.2, 0.25) is 0 Å². The molecule has 8 heteroatoms. The van der Waals surface area contributed by atoms with E-state index in [1.165, 1.54) is 10.4 Å². The summed E-state index contributed by atoms with van der Waals surface area (Å²) >= 11 is 0. The molecule has 3 aromatic carbocycles. The van der Waals surface area contributed by atoms with Gasteiger partial charge in [0.25, 0.3) is 14.2 Å². The zero-order valence-electron chi connectivity index (χ0n) is 25.7. The second-order valence-electron chi connectivity index (χ2n) is 12.7. The van der Waals surface area contributed by atoms with Gasteiger partial charge < -0.3 is 13.9 Å². The van der Waals surface area contributed by atoms with Crippen molar-refractivity contribution in [2.75, 3.05) is 13.2 Å². The van der Waals surface area contributed by atoms with Gasteiger partial charge in [-0.3, -0.25) is 4.79 Å². The van der Waals surface area contributed by atoms with Crippen LogP contribution in [0.4, 0.5) is 4.79 Å². The molecule has 3 aromatic rings. The Morgan fingerprint density at radius 2 is 1.40 bits per heavy atom. The van der Waals surface area contributed by atoms with Crippen LogP contribution in [0.15, 0.2) is 90.0 Å². The first-order valence-corrected chi connectivity index (χ1v) is 16.4. The Labute approximate surface area is 250 Å². The summed E-state index contributed by atoms with van der Waals surface area (Å²) in [6.45, 7) is 14.8. The predicted octanol–water partition coefficient (Wildman–Crippen LogP) is 6.15. The van der Waals surface area contributed by atoms with Gasteiger partial charge in [-0.2, -0.15) is 5.10 Å². The number of hydrogen-bond acceptors (Lipinski definition) is 6. The number of hydrazone groups is 1. The molecule has 0 fully saturated rings. The number of nitrogens with zero attached hydrogens (tertiary/aromatic N) is 2. The third-order valence-electron chi connectivity index (χ3n) is 7.20. The summed E-state index contributed by atoms with van der Waals surface area (Å²) in [5.41, 5.74) is 0.747. The van der Waals surface area contributed by atoms with Gasteiger partial charge in [-0.1, -0.05) is 88.4 Å². The van der Waals surface area contributed by atoms with Gasteiger partial charge in [0.1, 0.15) is 18.0 Å². The Kier molecular flexibility index (Phi) is 9.38. The summed E-state index contributed by atoms with van der Waals surface area (Å²) in [6.07, 6.45) is -0.589. The molecule has 0 aliphatic carbocycles. The molecule has 4 rings (SSSR count). The lowest BCUT2D eigenvalue weighted by molar-refractivity contribution is -0.131. The average molecular weight is 587 g/mol. The molecule has 1 heterocycles. The number of hydrogen-bond donors (Lipinski definition) is 0. The molecule has 1 atom stereocenters. The second-order valence-corrected chi connectivity index (χ2v) is 17.0. The van der Waals surface area contributed by atoms with Crippen molar-refractivity contribution in [1.82, 2.24) is 5.01 Å². The van der Waals surface area contributed by atoms with Crippen LogP contribution >= 0.6 is 0 Å². The van der Waals surface area contributed by atoms with Gasteiger partial charge in [-0.25, -0.2) is 4.79 Å². The molecule has 0 saturated carbocycles. The zero-order chi connectivity index (χ0) is 30.5. The highest BCUT2D eigenvalue weighted by molar-refractivity contribution is 6.99. The van der Waals surface area contributed by atoms with E-state index in [9.17, 15) is 9.59 Å². The van der Waals surface area contributed by atoms with E-state index in [-0.39, 0.29) is 23.3 Å². The highest BCUT2D eigenvalue weighted by atomic mass is 28.4. The van der Waals surface area contributed by atoms with Crippen molar-refractivity contribution in [3.05, 3.63) is 90.5 Å². The maximum atomic E-state index is 12.6. The minimum absolute atomic E-state index is 0.108. The fraction of sp³-hybridized carbons (Fsp3) is 0.382. The standard InChI is InChI=1S/C34H42N2O5Si/c1-25-24-30(37)36(32(38)41-33(2,3)4)35-31(25)26-18-20-27(21-19-26)39-22-23-40-42(34(5,6)7,28-14-10-8-11-15-28)29-16-12-9-13-17-29/h8-21,25H,22-24H2,1-7H3. The monoisotopic (exact) mass is 586 g/mol. The minimum atomic E-state index is -2.63. The molecule has 0 spiro atoms. The van der Waals surface area contributed by atoms with Crippen LogP contribution in [-0.2, 0) is 14.0 Å². The van der Waals surface area contributed by atoms with Gasteiger partial charge in [0.15, 0.2) is 0 Å². The van der Waals surface area contributed by atoms with Crippen molar-refractivity contribution >= 4 is 36.4 Å². The van der Waals surface area contributed by atoms with Crippen molar-refractivity contribution in [3.63, 3.8) is 0 Å². The lowest BCUT2D eigenvalue weighted by Crippen LogP contribution is -2.66. The quantitative estimate of drug-likeness (QED) is 0.234. The van der Waals surface area contributed by atoms with Crippen molar-refractivity contribution in [3.8, 4) is 5.75 Å². The Hall–Kier alpha value is -3.75. The van der Waals surface area contributed by atoms with Crippen LogP contribution in [0.1, 0.15) is 60.5 Å². The maximum absolute atomic E-state index is 12.6. The number of imide groups is 1. The van der Waals surface area contributed by atoms with Gasteiger partial charge in [0, 0.05) is 12.3 Å². The summed E-state index contributed by atoms with van der Waals surface area (Å²) in [5.74, 6) is 0.193. The number of amides is 2. The number of carbonyl (C=O) groups excluding carboxylic acids is 2.